The standard InChI is InChI=1S/C26H32O3S/c1-4-13-29-26-22(20-8-6-7-9-20)16-19(5-2)17-23(26)21-12-14-30-24(21)11-10-18(3)15-25(27)28/h10-12,14-17,20H,4-9,13H2,1-3H3,(H,27,28)/b11-10+,18-15+. The summed E-state index contributed by atoms with van der Waals surface area (Å²) >= 11 is 1.67. The van der Waals surface area contributed by atoms with Crippen molar-refractivity contribution >= 4 is 23.4 Å². The molecule has 0 bridgehead atoms. The van der Waals surface area contributed by atoms with Crippen molar-refractivity contribution in [3.8, 4) is 16.9 Å². The number of ether oxygens (including phenoxy) is 1. The van der Waals surface area contributed by atoms with Crippen LogP contribution in [0.3, 0.4) is 0 Å². The third-order valence-corrected chi connectivity index (χ3v) is 6.55. The van der Waals surface area contributed by atoms with E-state index in [2.05, 4.69) is 37.4 Å². The van der Waals surface area contributed by atoms with Crippen LogP contribution in [0.15, 0.2) is 41.3 Å². The molecule has 1 aromatic heterocycles. The molecule has 1 aliphatic rings. The number of thiophene rings is 1. The predicted molar refractivity (Wildman–Crippen MR) is 127 cm³/mol. The molecule has 0 saturated heterocycles. The number of benzene rings is 1. The minimum Gasteiger partial charge on any atom is -0.493 e. The second-order valence-corrected chi connectivity index (χ2v) is 8.95. The second kappa shape index (κ2) is 10.6. The first-order chi connectivity index (χ1) is 14.5. The number of hydrogen-bond acceptors (Lipinski definition) is 3. The molecule has 0 unspecified atom stereocenters. The number of hydrogen-bond donors (Lipinski definition) is 1. The van der Waals surface area contributed by atoms with Crippen LogP contribution in [0, 0.1) is 0 Å². The second-order valence-electron chi connectivity index (χ2n) is 8.00. The summed E-state index contributed by atoms with van der Waals surface area (Å²) in [5.41, 5.74) is 5.78. The fourth-order valence-electron chi connectivity index (χ4n) is 4.15. The lowest BCUT2D eigenvalue weighted by Crippen LogP contribution is -2.05. The van der Waals surface area contributed by atoms with Crippen molar-refractivity contribution in [2.45, 2.75) is 65.2 Å². The molecule has 1 heterocycles. The smallest absolute Gasteiger partial charge is 0.328 e. The summed E-state index contributed by atoms with van der Waals surface area (Å²) in [6, 6.07) is 6.81. The number of aliphatic carboxylic acids is 1. The first-order valence-corrected chi connectivity index (χ1v) is 11.9. The zero-order valence-electron chi connectivity index (χ0n) is 18.2. The summed E-state index contributed by atoms with van der Waals surface area (Å²) in [6.45, 7) is 6.88. The van der Waals surface area contributed by atoms with Crippen molar-refractivity contribution in [2.24, 2.45) is 0 Å². The SMILES string of the molecule is CCCOc1c(-c2ccsc2/C=C/C(C)=C/C(=O)O)cc(CC)cc1C1CCCC1. The van der Waals surface area contributed by atoms with E-state index >= 15 is 0 Å². The third kappa shape index (κ3) is 5.42. The Morgan fingerprint density at radius 1 is 1.23 bits per heavy atom. The Kier molecular flexibility index (Phi) is 7.92. The normalized spacial score (nSPS) is 15.2. The maximum atomic E-state index is 10.9. The van der Waals surface area contributed by atoms with Crippen molar-refractivity contribution < 1.29 is 14.6 Å². The highest BCUT2D eigenvalue weighted by Crippen LogP contribution is 2.45. The van der Waals surface area contributed by atoms with E-state index in [1.165, 1.54) is 54.0 Å². The molecule has 2 aromatic rings. The largest absolute Gasteiger partial charge is 0.493 e. The van der Waals surface area contributed by atoms with Crippen LogP contribution in [0.2, 0.25) is 0 Å². The zero-order chi connectivity index (χ0) is 21.5. The molecule has 1 saturated carbocycles. The number of carboxylic acid groups (broad SMARTS) is 1. The lowest BCUT2D eigenvalue weighted by molar-refractivity contribution is -0.131. The minimum absolute atomic E-state index is 0.584. The van der Waals surface area contributed by atoms with Gasteiger partial charge in [0.2, 0.25) is 0 Å². The molecule has 0 amide bonds. The highest BCUT2D eigenvalue weighted by atomic mass is 32.1. The molecular formula is C26H32O3S. The first kappa shape index (κ1) is 22.4. The molecule has 160 valence electrons. The van der Waals surface area contributed by atoms with Crippen molar-refractivity contribution in [1.82, 2.24) is 0 Å². The monoisotopic (exact) mass is 424 g/mol. The van der Waals surface area contributed by atoms with Gasteiger partial charge in [0.25, 0.3) is 0 Å². The van der Waals surface area contributed by atoms with Gasteiger partial charge in [-0.15, -0.1) is 11.3 Å². The van der Waals surface area contributed by atoms with E-state index in [0.717, 1.165) is 29.0 Å². The average Bonchev–Trinajstić information content (AvgIpc) is 3.41. The molecule has 4 heteroatoms. The van der Waals surface area contributed by atoms with Crippen LogP contribution in [-0.2, 0) is 11.2 Å². The molecular weight excluding hydrogens is 392 g/mol. The number of carbonyl (C=O) groups is 1. The Morgan fingerprint density at radius 3 is 2.67 bits per heavy atom. The van der Waals surface area contributed by atoms with Crippen LogP contribution >= 0.6 is 11.3 Å². The van der Waals surface area contributed by atoms with Crippen LogP contribution < -0.4 is 4.74 Å². The fraction of sp³-hybridized carbons (Fsp3) is 0.423. The molecule has 1 fully saturated rings. The van der Waals surface area contributed by atoms with Crippen LogP contribution in [0.5, 0.6) is 5.75 Å². The van der Waals surface area contributed by atoms with E-state index in [1.807, 2.05) is 19.1 Å². The van der Waals surface area contributed by atoms with Gasteiger partial charge in [-0.25, -0.2) is 4.79 Å². The zero-order valence-corrected chi connectivity index (χ0v) is 19.1. The Bertz CT molecular complexity index is 930. The van der Waals surface area contributed by atoms with E-state index in [1.54, 1.807) is 11.3 Å². The number of allylic oxidation sites excluding steroid dienone is 2. The molecule has 1 aliphatic carbocycles. The van der Waals surface area contributed by atoms with E-state index in [9.17, 15) is 4.79 Å². The third-order valence-electron chi connectivity index (χ3n) is 5.67. The number of rotatable bonds is 9. The molecule has 0 spiro atoms. The predicted octanol–water partition coefficient (Wildman–Crippen LogP) is 7.47. The van der Waals surface area contributed by atoms with Gasteiger partial charge in [0.1, 0.15) is 5.75 Å². The molecule has 0 atom stereocenters. The van der Waals surface area contributed by atoms with Crippen molar-refractivity contribution in [2.75, 3.05) is 6.61 Å². The fourth-order valence-corrected chi connectivity index (χ4v) is 4.95. The van der Waals surface area contributed by atoms with Gasteiger partial charge in [-0.1, -0.05) is 38.8 Å². The van der Waals surface area contributed by atoms with Gasteiger partial charge < -0.3 is 9.84 Å². The molecule has 1 N–H and O–H groups in total. The van der Waals surface area contributed by atoms with Crippen LogP contribution in [0.4, 0.5) is 0 Å². The lowest BCUT2D eigenvalue weighted by Gasteiger charge is -2.21. The Balaban J connectivity index is 2.09. The van der Waals surface area contributed by atoms with Crippen molar-refractivity contribution in [1.29, 1.82) is 0 Å². The maximum Gasteiger partial charge on any atom is 0.328 e. The van der Waals surface area contributed by atoms with Gasteiger partial charge in [-0.3, -0.25) is 0 Å². The quantitative estimate of drug-likeness (QED) is 0.335. The lowest BCUT2D eigenvalue weighted by atomic mass is 9.89. The van der Waals surface area contributed by atoms with E-state index in [4.69, 9.17) is 9.84 Å². The molecule has 1 aromatic carbocycles. The van der Waals surface area contributed by atoms with Gasteiger partial charge >= 0.3 is 5.97 Å². The van der Waals surface area contributed by atoms with E-state index in [0.29, 0.717) is 12.5 Å². The minimum atomic E-state index is -0.921. The van der Waals surface area contributed by atoms with Crippen molar-refractivity contribution in [3.63, 3.8) is 0 Å². The summed E-state index contributed by atoms with van der Waals surface area (Å²) in [5, 5.41) is 11.1. The van der Waals surface area contributed by atoms with Crippen molar-refractivity contribution in [3.05, 3.63) is 57.3 Å². The number of aryl methyl sites for hydroxylation is 1. The Morgan fingerprint density at radius 2 is 2.00 bits per heavy atom. The van der Waals surface area contributed by atoms with Gasteiger partial charge in [0, 0.05) is 22.1 Å². The maximum absolute atomic E-state index is 10.9. The van der Waals surface area contributed by atoms with Crippen LogP contribution in [0.25, 0.3) is 17.2 Å². The summed E-state index contributed by atoms with van der Waals surface area (Å²) < 4.78 is 6.38. The van der Waals surface area contributed by atoms with Crippen LogP contribution in [-0.4, -0.2) is 17.7 Å². The topological polar surface area (TPSA) is 46.5 Å². The summed E-state index contributed by atoms with van der Waals surface area (Å²) in [7, 11) is 0. The van der Waals surface area contributed by atoms with E-state index in [-0.39, 0.29) is 0 Å². The summed E-state index contributed by atoms with van der Waals surface area (Å²) in [6.07, 6.45) is 12.2. The highest BCUT2D eigenvalue weighted by Gasteiger charge is 2.24. The first-order valence-electron chi connectivity index (χ1n) is 11.0. The molecule has 0 radical (unpaired) electrons. The summed E-state index contributed by atoms with van der Waals surface area (Å²) in [4.78, 5) is 12.0. The molecule has 3 nitrogen and oxygen atoms in total. The van der Waals surface area contributed by atoms with Crippen LogP contribution in [0.1, 0.15) is 74.8 Å². The van der Waals surface area contributed by atoms with Gasteiger partial charge in [-0.05, 0) is 78.8 Å². The molecule has 30 heavy (non-hydrogen) atoms. The van der Waals surface area contributed by atoms with Gasteiger partial charge in [0.15, 0.2) is 0 Å². The number of carboxylic acids is 1. The van der Waals surface area contributed by atoms with Gasteiger partial charge in [0.05, 0.1) is 6.61 Å². The van der Waals surface area contributed by atoms with E-state index < -0.39 is 5.97 Å². The average molecular weight is 425 g/mol. The molecule has 3 rings (SSSR count). The Hall–Kier alpha value is -2.33. The van der Waals surface area contributed by atoms with Gasteiger partial charge in [-0.2, -0.15) is 0 Å². The summed E-state index contributed by atoms with van der Waals surface area (Å²) in [5.74, 6) is 0.711. The Labute approximate surface area is 184 Å². The molecule has 0 aliphatic heterocycles. The highest BCUT2D eigenvalue weighted by molar-refractivity contribution is 7.11.